The maximum Gasteiger partial charge on any atom is 0.136 e. The van der Waals surface area contributed by atoms with Gasteiger partial charge in [0.05, 0.1) is 11.7 Å². The molecule has 23 heavy (non-hydrogen) atoms. The van der Waals surface area contributed by atoms with Gasteiger partial charge in [-0.3, -0.25) is 4.79 Å². The van der Waals surface area contributed by atoms with Gasteiger partial charge in [0, 0.05) is 29.2 Å². The number of ketones is 1. The van der Waals surface area contributed by atoms with Crippen LogP contribution < -0.4 is 0 Å². The Bertz CT molecular complexity index is 684. The Hall–Kier alpha value is -1.40. The third-order valence-electron chi connectivity index (χ3n) is 7.83. The predicted molar refractivity (Wildman–Crippen MR) is 87.2 cm³/mol. The SMILES string of the molecule is C[C@@]12CC[C@@]3(O)[C@H](CC=C4CC(=O)CC[C@@]43C)[C@H]1CC=C2C#N. The summed E-state index contributed by atoms with van der Waals surface area (Å²) >= 11 is 0. The van der Waals surface area contributed by atoms with E-state index in [1.165, 1.54) is 5.57 Å². The number of carbonyl (C=O) groups excluding carboxylic acids is 1. The van der Waals surface area contributed by atoms with Gasteiger partial charge in [-0.05, 0) is 43.9 Å². The van der Waals surface area contributed by atoms with Crippen LogP contribution in [0.5, 0.6) is 0 Å². The van der Waals surface area contributed by atoms with Crippen molar-refractivity contribution in [2.24, 2.45) is 22.7 Å². The number of hydrogen-bond donors (Lipinski definition) is 1. The summed E-state index contributed by atoms with van der Waals surface area (Å²) in [5.41, 5.74) is 1.03. The van der Waals surface area contributed by atoms with Gasteiger partial charge in [-0.25, -0.2) is 0 Å². The third kappa shape index (κ3) is 1.71. The van der Waals surface area contributed by atoms with Gasteiger partial charge in [0.1, 0.15) is 5.78 Å². The van der Waals surface area contributed by atoms with Crippen molar-refractivity contribution in [1.29, 1.82) is 5.26 Å². The molecule has 4 aliphatic rings. The molecule has 122 valence electrons. The van der Waals surface area contributed by atoms with Crippen LogP contribution in [0.2, 0.25) is 0 Å². The van der Waals surface area contributed by atoms with Gasteiger partial charge < -0.3 is 5.11 Å². The first-order valence-electron chi connectivity index (χ1n) is 8.89. The normalized spacial score (nSPS) is 48.5. The molecule has 0 heterocycles. The number of carbonyl (C=O) groups is 1. The minimum atomic E-state index is -0.722. The average Bonchev–Trinajstić information content (AvgIpc) is 2.86. The number of hydrogen-bond acceptors (Lipinski definition) is 3. The minimum absolute atomic E-state index is 0.0716. The van der Waals surface area contributed by atoms with Crippen molar-refractivity contribution in [3.63, 3.8) is 0 Å². The number of nitrogens with zero attached hydrogens (tertiary/aromatic N) is 1. The van der Waals surface area contributed by atoms with E-state index in [4.69, 9.17) is 0 Å². The number of Topliss-reactive ketones (excluding diaryl/α,β-unsaturated/α-hetero) is 1. The van der Waals surface area contributed by atoms with Crippen LogP contribution in [0, 0.1) is 34.0 Å². The highest BCUT2D eigenvalue weighted by Gasteiger charge is 2.64. The molecule has 0 unspecified atom stereocenters. The molecule has 2 saturated carbocycles. The predicted octanol–water partition coefficient (Wildman–Crippen LogP) is 3.69. The van der Waals surface area contributed by atoms with Crippen molar-refractivity contribution in [3.05, 3.63) is 23.3 Å². The Morgan fingerprint density at radius 2 is 1.91 bits per heavy atom. The molecule has 3 nitrogen and oxygen atoms in total. The molecule has 0 amide bonds. The van der Waals surface area contributed by atoms with Crippen molar-refractivity contribution >= 4 is 5.78 Å². The summed E-state index contributed by atoms with van der Waals surface area (Å²) in [6.07, 6.45) is 9.60. The fourth-order valence-electron chi connectivity index (χ4n) is 6.16. The van der Waals surface area contributed by atoms with E-state index in [2.05, 4.69) is 32.1 Å². The second-order valence-corrected chi connectivity index (χ2v) is 8.53. The fourth-order valence-corrected chi connectivity index (χ4v) is 6.16. The smallest absolute Gasteiger partial charge is 0.136 e. The molecule has 0 spiro atoms. The van der Waals surface area contributed by atoms with Crippen molar-refractivity contribution in [1.82, 2.24) is 0 Å². The fraction of sp³-hybridized carbons (Fsp3) is 0.700. The van der Waals surface area contributed by atoms with Crippen LogP contribution >= 0.6 is 0 Å². The Balaban J connectivity index is 1.76. The molecule has 4 rings (SSSR count). The van der Waals surface area contributed by atoms with Crippen LogP contribution in [-0.2, 0) is 4.79 Å². The number of rotatable bonds is 0. The van der Waals surface area contributed by atoms with Gasteiger partial charge in [0.25, 0.3) is 0 Å². The van der Waals surface area contributed by atoms with Crippen LogP contribution in [0.1, 0.15) is 58.8 Å². The molecular weight excluding hydrogens is 286 g/mol. The Morgan fingerprint density at radius 1 is 1.17 bits per heavy atom. The largest absolute Gasteiger partial charge is 0.389 e. The van der Waals surface area contributed by atoms with Gasteiger partial charge in [0.2, 0.25) is 0 Å². The lowest BCUT2D eigenvalue weighted by atomic mass is 9.45. The molecule has 5 atom stereocenters. The molecule has 2 fully saturated rings. The molecule has 1 N–H and O–H groups in total. The van der Waals surface area contributed by atoms with Crippen LogP contribution in [0.15, 0.2) is 23.3 Å². The lowest BCUT2D eigenvalue weighted by molar-refractivity contribution is -0.177. The van der Waals surface area contributed by atoms with E-state index in [-0.39, 0.29) is 16.7 Å². The second kappa shape index (κ2) is 4.57. The molecule has 3 heteroatoms. The molecule has 0 bridgehead atoms. The first kappa shape index (κ1) is 15.1. The average molecular weight is 311 g/mol. The van der Waals surface area contributed by atoms with Gasteiger partial charge in [-0.15, -0.1) is 0 Å². The van der Waals surface area contributed by atoms with Gasteiger partial charge in [0.15, 0.2) is 0 Å². The molecule has 0 aromatic rings. The summed E-state index contributed by atoms with van der Waals surface area (Å²) in [6.45, 7) is 4.39. The summed E-state index contributed by atoms with van der Waals surface area (Å²) in [5, 5.41) is 21.3. The molecule has 0 radical (unpaired) electrons. The number of aliphatic hydroxyl groups is 1. The summed E-state index contributed by atoms with van der Waals surface area (Å²) in [7, 11) is 0. The zero-order valence-corrected chi connectivity index (χ0v) is 14.1. The molecule has 4 aliphatic carbocycles. The zero-order valence-electron chi connectivity index (χ0n) is 14.1. The van der Waals surface area contributed by atoms with Crippen LogP contribution in [-0.4, -0.2) is 16.5 Å². The monoisotopic (exact) mass is 311 g/mol. The molecule has 0 aliphatic heterocycles. The minimum Gasteiger partial charge on any atom is -0.389 e. The van der Waals surface area contributed by atoms with Gasteiger partial charge in [-0.2, -0.15) is 5.26 Å². The van der Waals surface area contributed by atoms with Gasteiger partial charge >= 0.3 is 0 Å². The summed E-state index contributed by atoms with van der Waals surface area (Å²) in [5.74, 6) is 0.860. The summed E-state index contributed by atoms with van der Waals surface area (Å²) in [6, 6.07) is 2.40. The van der Waals surface area contributed by atoms with E-state index in [1.54, 1.807) is 0 Å². The van der Waals surface area contributed by atoms with Crippen molar-refractivity contribution in [3.8, 4) is 6.07 Å². The van der Waals surface area contributed by atoms with E-state index < -0.39 is 5.60 Å². The molecule has 0 saturated heterocycles. The van der Waals surface area contributed by atoms with E-state index in [0.717, 1.165) is 37.7 Å². The van der Waals surface area contributed by atoms with E-state index in [0.29, 0.717) is 24.5 Å². The van der Waals surface area contributed by atoms with Crippen molar-refractivity contribution < 1.29 is 9.90 Å². The standard InChI is InChI=1S/C20H25NO2/c1-18-9-10-20(23)17(16(18)5-4-14(18)12-21)6-3-13-11-15(22)7-8-19(13,20)2/h3-4,16-17,23H,5-11H2,1-2H3/t16-,17-,18+,19+,20-/m1/s1. The quantitative estimate of drug-likeness (QED) is 0.694. The highest BCUT2D eigenvalue weighted by atomic mass is 16.3. The number of fused-ring (bicyclic) bond motifs is 5. The van der Waals surface area contributed by atoms with E-state index in [1.807, 2.05) is 0 Å². The van der Waals surface area contributed by atoms with Crippen LogP contribution in [0.4, 0.5) is 0 Å². The molecule has 0 aromatic carbocycles. The van der Waals surface area contributed by atoms with E-state index in [9.17, 15) is 15.2 Å². The molecule has 0 aromatic heterocycles. The van der Waals surface area contributed by atoms with Gasteiger partial charge in [-0.1, -0.05) is 31.6 Å². The highest BCUT2D eigenvalue weighted by Crippen LogP contribution is 2.66. The van der Waals surface area contributed by atoms with Crippen LogP contribution in [0.25, 0.3) is 0 Å². The second-order valence-electron chi connectivity index (χ2n) is 8.53. The molecular formula is C20H25NO2. The summed E-state index contributed by atoms with van der Waals surface area (Å²) < 4.78 is 0. The number of allylic oxidation sites excluding steroid dienone is 3. The van der Waals surface area contributed by atoms with E-state index >= 15 is 0 Å². The Labute approximate surface area is 138 Å². The third-order valence-corrected chi connectivity index (χ3v) is 7.83. The maximum atomic E-state index is 11.9. The zero-order chi connectivity index (χ0) is 16.5. The van der Waals surface area contributed by atoms with Crippen molar-refractivity contribution in [2.45, 2.75) is 64.4 Å². The highest BCUT2D eigenvalue weighted by molar-refractivity contribution is 5.83. The number of nitriles is 1. The first-order chi connectivity index (χ1) is 10.8. The van der Waals surface area contributed by atoms with Crippen LogP contribution in [0.3, 0.4) is 0 Å². The lowest BCUT2D eigenvalue weighted by Crippen LogP contribution is -2.62. The lowest BCUT2D eigenvalue weighted by Gasteiger charge is -2.61. The maximum absolute atomic E-state index is 11.9. The topological polar surface area (TPSA) is 61.1 Å². The summed E-state index contributed by atoms with van der Waals surface area (Å²) in [4.78, 5) is 11.9. The Kier molecular flexibility index (Phi) is 3.01. The first-order valence-corrected chi connectivity index (χ1v) is 8.89. The van der Waals surface area contributed by atoms with Crippen molar-refractivity contribution in [2.75, 3.05) is 0 Å². The Morgan fingerprint density at radius 3 is 2.65 bits per heavy atom.